The van der Waals surface area contributed by atoms with Gasteiger partial charge in [-0.15, -0.1) is 6.58 Å². The van der Waals surface area contributed by atoms with Crippen molar-refractivity contribution in [2.45, 2.75) is 39.5 Å². The second kappa shape index (κ2) is 7.48. The molecule has 0 amide bonds. The van der Waals surface area contributed by atoms with Crippen LogP contribution in [-0.2, 0) is 6.42 Å². The number of fused-ring (bicyclic) bond motifs is 6. The summed E-state index contributed by atoms with van der Waals surface area (Å²) in [5.74, 6) is 1.08. The number of aryl methyl sites for hydroxylation is 1. The summed E-state index contributed by atoms with van der Waals surface area (Å²) in [5, 5.41) is 1.32. The minimum absolute atomic E-state index is 1.08. The van der Waals surface area contributed by atoms with Crippen LogP contribution in [0.1, 0.15) is 44.2 Å². The Morgan fingerprint density at radius 3 is 2.67 bits per heavy atom. The highest BCUT2D eigenvalue weighted by atomic mass is 15.0. The van der Waals surface area contributed by atoms with Gasteiger partial charge >= 0.3 is 0 Å². The third kappa shape index (κ3) is 3.43. The molecule has 5 rings (SSSR count). The smallest absolute Gasteiger partial charge is 0.141 e. The topological polar surface area (TPSA) is 17.3 Å². The SMILES string of the molecule is C1=Cc2c(c3nccn3c3ccccc23)CC1.C=CC.CC1CC1. The van der Waals surface area contributed by atoms with Crippen LogP contribution in [0.4, 0.5) is 0 Å². The number of hydrogen-bond donors (Lipinski definition) is 0. The van der Waals surface area contributed by atoms with Gasteiger partial charge in [-0.2, -0.15) is 0 Å². The molecule has 2 heterocycles. The molecule has 2 aromatic heterocycles. The van der Waals surface area contributed by atoms with E-state index < -0.39 is 0 Å². The van der Waals surface area contributed by atoms with Gasteiger partial charge < -0.3 is 0 Å². The van der Waals surface area contributed by atoms with Crippen molar-refractivity contribution < 1.29 is 0 Å². The molecule has 0 radical (unpaired) electrons. The van der Waals surface area contributed by atoms with Crippen molar-refractivity contribution in [2.24, 2.45) is 5.92 Å². The number of aromatic nitrogens is 2. The van der Waals surface area contributed by atoms with Gasteiger partial charge in [0.2, 0.25) is 0 Å². The lowest BCUT2D eigenvalue weighted by molar-refractivity contribution is 0.982. The quantitative estimate of drug-likeness (QED) is 0.461. The molecule has 24 heavy (non-hydrogen) atoms. The predicted octanol–water partition coefficient (Wildman–Crippen LogP) is 6.06. The number of nitrogens with zero attached hydrogens (tertiary/aromatic N) is 2. The molecule has 0 N–H and O–H groups in total. The van der Waals surface area contributed by atoms with Gasteiger partial charge in [-0.05, 0) is 37.3 Å². The lowest BCUT2D eigenvalue weighted by atomic mass is 9.95. The number of hydrogen-bond acceptors (Lipinski definition) is 1. The van der Waals surface area contributed by atoms with Crippen LogP contribution in [0.3, 0.4) is 0 Å². The van der Waals surface area contributed by atoms with E-state index in [4.69, 9.17) is 0 Å². The van der Waals surface area contributed by atoms with E-state index in [1.54, 1.807) is 6.08 Å². The minimum Gasteiger partial charge on any atom is -0.299 e. The third-order valence-electron chi connectivity index (χ3n) is 4.40. The lowest BCUT2D eigenvalue weighted by Gasteiger charge is -2.15. The van der Waals surface area contributed by atoms with Gasteiger partial charge in [0.15, 0.2) is 0 Å². The summed E-state index contributed by atoms with van der Waals surface area (Å²) in [7, 11) is 0. The Kier molecular flexibility index (Phi) is 5.14. The molecule has 0 unspecified atom stereocenters. The summed E-state index contributed by atoms with van der Waals surface area (Å²) >= 11 is 0. The zero-order chi connectivity index (χ0) is 16.9. The van der Waals surface area contributed by atoms with Crippen LogP contribution in [0, 0.1) is 5.92 Å². The molecule has 0 saturated heterocycles. The van der Waals surface area contributed by atoms with Crippen molar-refractivity contribution >= 4 is 22.6 Å². The Morgan fingerprint density at radius 2 is 1.96 bits per heavy atom. The normalized spacial score (nSPS) is 15.1. The second-order valence-corrected chi connectivity index (χ2v) is 6.56. The van der Waals surface area contributed by atoms with E-state index in [9.17, 15) is 0 Å². The summed E-state index contributed by atoms with van der Waals surface area (Å²) in [6.07, 6.45) is 15.4. The molecule has 1 fully saturated rings. The van der Waals surface area contributed by atoms with E-state index in [0.29, 0.717) is 0 Å². The van der Waals surface area contributed by atoms with Crippen molar-refractivity contribution in [3.05, 3.63) is 66.5 Å². The molecule has 1 aromatic carbocycles. The van der Waals surface area contributed by atoms with Crippen molar-refractivity contribution in [1.82, 2.24) is 9.38 Å². The van der Waals surface area contributed by atoms with Crippen LogP contribution >= 0.6 is 0 Å². The number of para-hydroxylation sites is 1. The summed E-state index contributed by atoms with van der Waals surface area (Å²) in [6.45, 7) is 7.53. The van der Waals surface area contributed by atoms with Crippen LogP contribution in [0.2, 0.25) is 0 Å². The van der Waals surface area contributed by atoms with Gasteiger partial charge in [-0.1, -0.05) is 56.2 Å². The first-order chi connectivity index (χ1) is 11.8. The predicted molar refractivity (Wildman–Crippen MR) is 104 cm³/mol. The Labute approximate surface area is 144 Å². The molecular formula is C22H26N2. The molecule has 0 aliphatic heterocycles. The van der Waals surface area contributed by atoms with Gasteiger partial charge in [-0.3, -0.25) is 4.40 Å². The summed E-state index contributed by atoms with van der Waals surface area (Å²) in [4.78, 5) is 4.51. The molecule has 2 aliphatic rings. The monoisotopic (exact) mass is 318 g/mol. The third-order valence-corrected chi connectivity index (χ3v) is 4.40. The summed E-state index contributed by atoms with van der Waals surface area (Å²) in [6, 6.07) is 8.55. The van der Waals surface area contributed by atoms with Crippen LogP contribution in [0.25, 0.3) is 22.6 Å². The zero-order valence-corrected chi connectivity index (χ0v) is 14.7. The number of benzene rings is 1. The van der Waals surface area contributed by atoms with Gasteiger partial charge in [-0.25, -0.2) is 4.98 Å². The lowest BCUT2D eigenvalue weighted by Crippen LogP contribution is -2.01. The van der Waals surface area contributed by atoms with E-state index in [-0.39, 0.29) is 0 Å². The fourth-order valence-corrected chi connectivity index (χ4v) is 2.95. The Morgan fingerprint density at radius 1 is 1.25 bits per heavy atom. The average Bonchev–Trinajstić information content (AvgIpc) is 3.24. The Balaban J connectivity index is 0.000000205. The number of pyridine rings is 1. The van der Waals surface area contributed by atoms with E-state index in [2.05, 4.69) is 65.5 Å². The first-order valence-electron chi connectivity index (χ1n) is 8.86. The fourth-order valence-electron chi connectivity index (χ4n) is 2.95. The second-order valence-electron chi connectivity index (χ2n) is 6.56. The summed E-state index contributed by atoms with van der Waals surface area (Å²) in [5.41, 5.74) is 5.09. The standard InChI is InChI=1S/C15H12N2.C4H8.C3H6/c1-2-7-13-11(5-1)12-6-3-4-8-14(12)17-10-9-16-15(13)17;1-4-2-3-4;1-3-2/h1,3-6,8-10H,2,7H2;4H,2-3H2,1H3;3H,1H2,2H3. The van der Waals surface area contributed by atoms with Crippen molar-refractivity contribution in [2.75, 3.05) is 0 Å². The highest BCUT2D eigenvalue weighted by molar-refractivity contribution is 5.93. The van der Waals surface area contributed by atoms with E-state index in [0.717, 1.165) is 24.4 Å². The van der Waals surface area contributed by atoms with E-state index in [1.165, 1.54) is 34.9 Å². The van der Waals surface area contributed by atoms with Gasteiger partial charge in [0.05, 0.1) is 5.52 Å². The van der Waals surface area contributed by atoms with Crippen LogP contribution < -0.4 is 0 Å². The molecule has 0 atom stereocenters. The highest BCUT2D eigenvalue weighted by Gasteiger charge is 2.14. The van der Waals surface area contributed by atoms with Gasteiger partial charge in [0.25, 0.3) is 0 Å². The van der Waals surface area contributed by atoms with Crippen molar-refractivity contribution in [3.8, 4) is 0 Å². The zero-order valence-electron chi connectivity index (χ0n) is 14.7. The van der Waals surface area contributed by atoms with Crippen LogP contribution in [0.5, 0.6) is 0 Å². The van der Waals surface area contributed by atoms with Crippen LogP contribution in [0.15, 0.2) is 55.4 Å². The Bertz CT molecular complexity index is 866. The first-order valence-corrected chi connectivity index (χ1v) is 8.86. The Hall–Kier alpha value is -2.35. The van der Waals surface area contributed by atoms with E-state index in [1.807, 2.05) is 13.1 Å². The molecule has 2 nitrogen and oxygen atoms in total. The van der Waals surface area contributed by atoms with E-state index >= 15 is 0 Å². The first kappa shape index (κ1) is 16.5. The molecule has 0 spiro atoms. The largest absolute Gasteiger partial charge is 0.299 e. The highest BCUT2D eigenvalue weighted by Crippen LogP contribution is 2.30. The average molecular weight is 318 g/mol. The van der Waals surface area contributed by atoms with Crippen LogP contribution in [-0.4, -0.2) is 9.38 Å². The number of allylic oxidation sites excluding steroid dienone is 2. The maximum Gasteiger partial charge on any atom is 0.141 e. The molecule has 3 aromatic rings. The van der Waals surface area contributed by atoms with Crippen molar-refractivity contribution in [1.29, 1.82) is 0 Å². The minimum atomic E-state index is 1.08. The number of rotatable bonds is 0. The maximum atomic E-state index is 4.51. The maximum absolute atomic E-state index is 4.51. The van der Waals surface area contributed by atoms with Crippen molar-refractivity contribution in [3.63, 3.8) is 0 Å². The molecule has 1 saturated carbocycles. The molecule has 2 heteroatoms. The fraction of sp³-hybridized carbons (Fsp3) is 0.318. The van der Waals surface area contributed by atoms with Gasteiger partial charge in [0.1, 0.15) is 5.65 Å². The number of imidazole rings is 1. The molecular weight excluding hydrogens is 292 g/mol. The van der Waals surface area contributed by atoms with Gasteiger partial charge in [0, 0.05) is 23.3 Å². The molecule has 0 bridgehead atoms. The molecule has 124 valence electrons. The summed E-state index contributed by atoms with van der Waals surface area (Å²) < 4.78 is 2.20. The molecule has 2 aliphatic carbocycles.